The first-order valence-electron chi connectivity index (χ1n) is 9.80. The smallest absolute Gasteiger partial charge is 0.211 e. The minimum Gasteiger partial charge on any atom is -0.300 e. The Bertz CT molecular complexity index is 833. The minimum atomic E-state index is -3.16. The molecule has 0 saturated carbocycles. The fraction of sp³-hybridized carbons (Fsp3) is 0.579. The highest BCUT2D eigenvalue weighted by atomic mass is 32.2. The zero-order chi connectivity index (χ0) is 19.8. The maximum atomic E-state index is 11.6. The van der Waals surface area contributed by atoms with Crippen LogP contribution in [0.15, 0.2) is 35.5 Å². The summed E-state index contributed by atoms with van der Waals surface area (Å²) in [7, 11) is -1.71. The molecule has 1 aromatic heterocycles. The van der Waals surface area contributed by atoms with Gasteiger partial charge < -0.3 is 4.57 Å². The number of nitrogens with one attached hydrogen (secondary N) is 1. The van der Waals surface area contributed by atoms with E-state index in [4.69, 9.17) is 0 Å². The summed E-state index contributed by atoms with van der Waals surface area (Å²) in [4.78, 5) is 2.45. The first-order chi connectivity index (χ1) is 13.6. The number of hydrogen-bond donors (Lipinski definition) is 1. The van der Waals surface area contributed by atoms with E-state index in [2.05, 4.69) is 36.5 Å². The maximum Gasteiger partial charge on any atom is 0.211 e. The monoisotopic (exact) mass is 423 g/mol. The van der Waals surface area contributed by atoms with Gasteiger partial charge in [0.25, 0.3) is 0 Å². The van der Waals surface area contributed by atoms with Gasteiger partial charge in [-0.1, -0.05) is 48.5 Å². The van der Waals surface area contributed by atoms with Gasteiger partial charge in [-0.3, -0.25) is 4.90 Å². The van der Waals surface area contributed by atoms with Crippen molar-refractivity contribution < 1.29 is 8.42 Å². The second-order valence-electron chi connectivity index (χ2n) is 7.03. The molecule has 9 heteroatoms. The Hall–Kier alpha value is -1.42. The molecular formula is C19H29N5O2S2. The predicted octanol–water partition coefficient (Wildman–Crippen LogP) is 2.34. The molecule has 1 saturated heterocycles. The van der Waals surface area contributed by atoms with Crippen molar-refractivity contribution in [2.45, 2.75) is 43.9 Å². The Morgan fingerprint density at radius 3 is 2.54 bits per heavy atom. The SMILES string of the molecule is CNS(=O)(=O)CCCSc1nnc(CN2CCCCC2)n1Cc1ccccc1. The summed E-state index contributed by atoms with van der Waals surface area (Å²) in [5, 5.41) is 9.75. The van der Waals surface area contributed by atoms with E-state index in [1.54, 1.807) is 11.8 Å². The van der Waals surface area contributed by atoms with E-state index in [0.717, 1.165) is 37.2 Å². The molecule has 154 valence electrons. The number of hydrogen-bond acceptors (Lipinski definition) is 6. The van der Waals surface area contributed by atoms with E-state index in [-0.39, 0.29) is 5.75 Å². The number of piperidine rings is 1. The van der Waals surface area contributed by atoms with Gasteiger partial charge in [0, 0.05) is 5.75 Å². The molecule has 0 unspecified atom stereocenters. The number of benzene rings is 1. The molecule has 0 aliphatic carbocycles. The highest BCUT2D eigenvalue weighted by molar-refractivity contribution is 7.99. The first-order valence-corrected chi connectivity index (χ1v) is 12.4. The van der Waals surface area contributed by atoms with Crippen molar-refractivity contribution in [3.8, 4) is 0 Å². The van der Waals surface area contributed by atoms with Gasteiger partial charge in [-0.2, -0.15) is 0 Å². The molecule has 1 fully saturated rings. The summed E-state index contributed by atoms with van der Waals surface area (Å²) in [6, 6.07) is 10.3. The maximum absolute atomic E-state index is 11.6. The minimum absolute atomic E-state index is 0.129. The summed E-state index contributed by atoms with van der Waals surface area (Å²) in [5.41, 5.74) is 1.21. The molecule has 0 radical (unpaired) electrons. The zero-order valence-corrected chi connectivity index (χ0v) is 18.0. The molecule has 28 heavy (non-hydrogen) atoms. The van der Waals surface area contributed by atoms with Crippen molar-refractivity contribution >= 4 is 21.8 Å². The zero-order valence-electron chi connectivity index (χ0n) is 16.4. The highest BCUT2D eigenvalue weighted by Crippen LogP contribution is 2.21. The standard InChI is InChI=1S/C19H29N5O2S2/c1-20-28(25,26)14-8-13-27-19-22-21-18(16-23-11-6-3-7-12-23)24(19)15-17-9-4-2-5-10-17/h2,4-5,9-10,20H,3,6-8,11-16H2,1H3. The Balaban J connectivity index is 1.69. The van der Waals surface area contributed by atoms with E-state index in [1.165, 1.54) is 31.9 Å². The van der Waals surface area contributed by atoms with E-state index >= 15 is 0 Å². The van der Waals surface area contributed by atoms with Crippen molar-refractivity contribution in [3.05, 3.63) is 41.7 Å². The first kappa shape index (κ1) is 21.3. The molecule has 0 bridgehead atoms. The van der Waals surface area contributed by atoms with Crippen LogP contribution in [0.3, 0.4) is 0 Å². The van der Waals surface area contributed by atoms with Crippen molar-refractivity contribution in [1.82, 2.24) is 24.4 Å². The third-order valence-corrected chi connectivity index (χ3v) is 7.39. The highest BCUT2D eigenvalue weighted by Gasteiger charge is 2.18. The number of likely N-dealkylation sites (tertiary alicyclic amines) is 1. The molecule has 7 nitrogen and oxygen atoms in total. The van der Waals surface area contributed by atoms with Gasteiger partial charge in [0.05, 0.1) is 18.8 Å². The average molecular weight is 424 g/mol. The Morgan fingerprint density at radius 1 is 1.07 bits per heavy atom. The van der Waals surface area contributed by atoms with E-state index < -0.39 is 10.0 Å². The Kier molecular flexibility index (Phi) is 7.90. The molecule has 0 amide bonds. The largest absolute Gasteiger partial charge is 0.300 e. The van der Waals surface area contributed by atoms with Gasteiger partial charge in [0.2, 0.25) is 10.0 Å². The molecule has 1 aliphatic rings. The molecule has 1 aromatic carbocycles. The van der Waals surface area contributed by atoms with Gasteiger partial charge >= 0.3 is 0 Å². The van der Waals surface area contributed by atoms with Crippen LogP contribution in [-0.4, -0.2) is 59.7 Å². The second kappa shape index (κ2) is 10.4. The molecule has 0 spiro atoms. The van der Waals surface area contributed by atoms with Gasteiger partial charge in [-0.25, -0.2) is 13.1 Å². The normalized spacial score (nSPS) is 15.8. The fourth-order valence-electron chi connectivity index (χ4n) is 3.30. The summed E-state index contributed by atoms with van der Waals surface area (Å²) in [6.07, 6.45) is 4.38. The van der Waals surface area contributed by atoms with Crippen molar-refractivity contribution in [2.75, 3.05) is 31.6 Å². The number of sulfonamides is 1. The van der Waals surface area contributed by atoms with Gasteiger partial charge in [-0.05, 0) is 45.0 Å². The average Bonchev–Trinajstić information content (AvgIpc) is 3.08. The Labute approximate surface area is 172 Å². The third-order valence-electron chi connectivity index (χ3n) is 4.89. The quantitative estimate of drug-likeness (QED) is 0.467. The summed E-state index contributed by atoms with van der Waals surface area (Å²) in [6.45, 7) is 3.77. The van der Waals surface area contributed by atoms with Crippen LogP contribution in [0.2, 0.25) is 0 Å². The molecule has 0 atom stereocenters. The predicted molar refractivity (Wildman–Crippen MR) is 113 cm³/mol. The van der Waals surface area contributed by atoms with Crippen LogP contribution < -0.4 is 4.72 Å². The lowest BCUT2D eigenvalue weighted by atomic mass is 10.1. The molecule has 1 aliphatic heterocycles. The lowest BCUT2D eigenvalue weighted by Gasteiger charge is -2.26. The summed E-state index contributed by atoms with van der Waals surface area (Å²) < 4.78 is 27.7. The van der Waals surface area contributed by atoms with Gasteiger partial charge in [0.1, 0.15) is 5.82 Å². The van der Waals surface area contributed by atoms with Crippen molar-refractivity contribution in [1.29, 1.82) is 0 Å². The van der Waals surface area contributed by atoms with Crippen LogP contribution in [0.1, 0.15) is 37.1 Å². The Morgan fingerprint density at radius 2 is 1.82 bits per heavy atom. The third kappa shape index (κ3) is 6.30. The molecule has 2 aromatic rings. The summed E-state index contributed by atoms with van der Waals surface area (Å²) >= 11 is 1.58. The van der Waals surface area contributed by atoms with Gasteiger partial charge in [-0.15, -0.1) is 10.2 Å². The van der Waals surface area contributed by atoms with Crippen molar-refractivity contribution in [2.24, 2.45) is 0 Å². The lowest BCUT2D eigenvalue weighted by Crippen LogP contribution is -2.30. The number of nitrogens with zero attached hydrogens (tertiary/aromatic N) is 4. The van der Waals surface area contributed by atoms with Crippen LogP contribution >= 0.6 is 11.8 Å². The van der Waals surface area contributed by atoms with E-state index in [1.807, 2.05) is 18.2 Å². The van der Waals surface area contributed by atoms with Crippen LogP contribution in [0.25, 0.3) is 0 Å². The molecule has 3 rings (SSSR count). The summed E-state index contributed by atoms with van der Waals surface area (Å²) in [5.74, 6) is 1.80. The van der Waals surface area contributed by atoms with E-state index in [0.29, 0.717) is 12.2 Å². The second-order valence-corrected chi connectivity index (χ2v) is 10.1. The van der Waals surface area contributed by atoms with Crippen LogP contribution in [0.4, 0.5) is 0 Å². The lowest BCUT2D eigenvalue weighted by molar-refractivity contribution is 0.213. The molecule has 2 heterocycles. The molecular weight excluding hydrogens is 394 g/mol. The number of thioether (sulfide) groups is 1. The van der Waals surface area contributed by atoms with Crippen molar-refractivity contribution in [3.63, 3.8) is 0 Å². The topological polar surface area (TPSA) is 80.1 Å². The van der Waals surface area contributed by atoms with Crippen LogP contribution in [0, 0.1) is 0 Å². The van der Waals surface area contributed by atoms with Gasteiger partial charge in [0.15, 0.2) is 5.16 Å². The molecule has 1 N–H and O–H groups in total. The van der Waals surface area contributed by atoms with Crippen LogP contribution in [0.5, 0.6) is 0 Å². The van der Waals surface area contributed by atoms with E-state index in [9.17, 15) is 8.42 Å². The van der Waals surface area contributed by atoms with Crippen LogP contribution in [-0.2, 0) is 23.1 Å². The number of rotatable bonds is 10. The fourth-order valence-corrected chi connectivity index (χ4v) is 5.11. The number of aromatic nitrogens is 3.